The molecule has 1 N–H and O–H groups in total. The first kappa shape index (κ1) is 19.5. The van der Waals surface area contributed by atoms with Gasteiger partial charge in [-0.2, -0.15) is 0 Å². The molecule has 0 aliphatic heterocycles. The average Bonchev–Trinajstić information content (AvgIpc) is 2.66. The molecule has 2 aromatic rings. The number of benzene rings is 2. The minimum atomic E-state index is -0.375. The Morgan fingerprint density at radius 2 is 1.54 bits per heavy atom. The van der Waals surface area contributed by atoms with Gasteiger partial charge in [0.15, 0.2) is 0 Å². The zero-order valence-corrected chi connectivity index (χ0v) is 15.3. The van der Waals surface area contributed by atoms with Crippen molar-refractivity contribution in [2.45, 2.75) is 33.1 Å². The number of esters is 1. The van der Waals surface area contributed by atoms with Gasteiger partial charge < -0.3 is 14.8 Å². The number of carbonyl (C=O) groups is 2. The number of amides is 1. The monoisotopic (exact) mass is 355 g/mol. The van der Waals surface area contributed by atoms with Gasteiger partial charge in [-0.25, -0.2) is 4.79 Å². The summed E-state index contributed by atoms with van der Waals surface area (Å²) in [4.78, 5) is 23.9. The van der Waals surface area contributed by atoms with E-state index in [9.17, 15) is 9.59 Å². The zero-order valence-electron chi connectivity index (χ0n) is 15.3. The van der Waals surface area contributed by atoms with E-state index in [0.29, 0.717) is 30.0 Å². The van der Waals surface area contributed by atoms with E-state index in [1.54, 1.807) is 55.5 Å². The van der Waals surface area contributed by atoms with Crippen LogP contribution in [0.5, 0.6) is 5.75 Å². The van der Waals surface area contributed by atoms with Gasteiger partial charge in [0, 0.05) is 11.3 Å². The van der Waals surface area contributed by atoms with Crippen molar-refractivity contribution in [1.82, 2.24) is 0 Å². The fourth-order valence-corrected chi connectivity index (χ4v) is 2.35. The molecule has 0 heterocycles. The number of ether oxygens (including phenoxy) is 2. The Morgan fingerprint density at radius 1 is 0.885 bits per heavy atom. The molecule has 1 amide bonds. The predicted molar refractivity (Wildman–Crippen MR) is 102 cm³/mol. The molecule has 2 rings (SSSR count). The lowest BCUT2D eigenvalue weighted by molar-refractivity contribution is 0.0526. The molecule has 0 fully saturated rings. The van der Waals surface area contributed by atoms with E-state index < -0.39 is 0 Å². The van der Waals surface area contributed by atoms with Crippen molar-refractivity contribution in [2.75, 3.05) is 18.5 Å². The van der Waals surface area contributed by atoms with Crippen LogP contribution in [0.3, 0.4) is 0 Å². The smallest absolute Gasteiger partial charge is 0.338 e. The molecular weight excluding hydrogens is 330 g/mol. The molecule has 0 unspecified atom stereocenters. The summed E-state index contributed by atoms with van der Waals surface area (Å²) < 4.78 is 10.6. The number of hydrogen-bond donors (Lipinski definition) is 1. The average molecular weight is 355 g/mol. The summed E-state index contributed by atoms with van der Waals surface area (Å²) in [5, 5.41) is 2.80. The van der Waals surface area contributed by atoms with Crippen molar-refractivity contribution in [3.8, 4) is 5.75 Å². The van der Waals surface area contributed by atoms with Gasteiger partial charge >= 0.3 is 5.97 Å². The van der Waals surface area contributed by atoms with E-state index >= 15 is 0 Å². The highest BCUT2D eigenvalue weighted by Gasteiger charge is 2.09. The summed E-state index contributed by atoms with van der Waals surface area (Å²) in [6.07, 6.45) is 3.33. The predicted octanol–water partition coefficient (Wildman–Crippen LogP) is 4.68. The fourth-order valence-electron chi connectivity index (χ4n) is 2.35. The number of anilines is 1. The molecule has 0 atom stereocenters. The van der Waals surface area contributed by atoms with Gasteiger partial charge in [-0.1, -0.05) is 19.8 Å². The third-order valence-electron chi connectivity index (χ3n) is 3.79. The van der Waals surface area contributed by atoms with Crippen molar-refractivity contribution < 1.29 is 19.1 Å². The third-order valence-corrected chi connectivity index (χ3v) is 3.79. The maximum Gasteiger partial charge on any atom is 0.338 e. The van der Waals surface area contributed by atoms with Crippen LogP contribution >= 0.6 is 0 Å². The molecule has 0 bridgehead atoms. The van der Waals surface area contributed by atoms with Gasteiger partial charge in [0.05, 0.1) is 18.8 Å². The van der Waals surface area contributed by atoms with Crippen molar-refractivity contribution in [2.24, 2.45) is 0 Å². The minimum absolute atomic E-state index is 0.216. The zero-order chi connectivity index (χ0) is 18.8. The highest BCUT2D eigenvalue weighted by molar-refractivity contribution is 6.04. The van der Waals surface area contributed by atoms with Crippen LogP contribution in [0.25, 0.3) is 0 Å². The second-order valence-corrected chi connectivity index (χ2v) is 5.83. The summed E-state index contributed by atoms with van der Waals surface area (Å²) in [6, 6.07) is 13.7. The van der Waals surface area contributed by atoms with Gasteiger partial charge in [-0.3, -0.25) is 4.79 Å². The van der Waals surface area contributed by atoms with E-state index in [2.05, 4.69) is 12.2 Å². The molecule has 0 aliphatic carbocycles. The number of nitrogens with one attached hydrogen (secondary N) is 1. The Balaban J connectivity index is 1.89. The first-order chi connectivity index (χ1) is 12.6. The van der Waals surface area contributed by atoms with Crippen molar-refractivity contribution in [1.29, 1.82) is 0 Å². The summed E-state index contributed by atoms with van der Waals surface area (Å²) in [5.74, 6) is 0.169. The molecule has 0 saturated carbocycles. The van der Waals surface area contributed by atoms with E-state index in [0.717, 1.165) is 25.0 Å². The van der Waals surface area contributed by atoms with Crippen LogP contribution in [-0.4, -0.2) is 25.1 Å². The summed E-state index contributed by atoms with van der Waals surface area (Å²) in [6.45, 7) is 4.92. The van der Waals surface area contributed by atoms with E-state index in [1.165, 1.54) is 0 Å². The largest absolute Gasteiger partial charge is 0.494 e. The number of unbranched alkanes of at least 4 members (excludes halogenated alkanes) is 2. The molecular formula is C21H25NO4. The van der Waals surface area contributed by atoms with Gasteiger partial charge in [-0.05, 0) is 61.9 Å². The highest BCUT2D eigenvalue weighted by atomic mass is 16.5. The lowest BCUT2D eigenvalue weighted by atomic mass is 10.1. The molecule has 2 aromatic carbocycles. The fraction of sp³-hybridized carbons (Fsp3) is 0.333. The van der Waals surface area contributed by atoms with Gasteiger partial charge in [-0.15, -0.1) is 0 Å². The quantitative estimate of drug-likeness (QED) is 0.524. The van der Waals surface area contributed by atoms with E-state index in [-0.39, 0.29) is 11.9 Å². The Morgan fingerprint density at radius 3 is 2.15 bits per heavy atom. The van der Waals surface area contributed by atoms with Gasteiger partial charge in [0.2, 0.25) is 0 Å². The molecule has 5 nitrogen and oxygen atoms in total. The second-order valence-electron chi connectivity index (χ2n) is 5.83. The normalized spacial score (nSPS) is 10.2. The number of rotatable bonds is 9. The summed E-state index contributed by atoms with van der Waals surface area (Å²) >= 11 is 0. The summed E-state index contributed by atoms with van der Waals surface area (Å²) in [7, 11) is 0. The molecule has 138 valence electrons. The lowest BCUT2D eigenvalue weighted by Gasteiger charge is -2.08. The first-order valence-corrected chi connectivity index (χ1v) is 8.95. The van der Waals surface area contributed by atoms with Crippen LogP contribution in [0.2, 0.25) is 0 Å². The van der Waals surface area contributed by atoms with Crippen LogP contribution in [-0.2, 0) is 4.74 Å². The molecule has 5 heteroatoms. The van der Waals surface area contributed by atoms with Crippen LogP contribution in [0.15, 0.2) is 48.5 Å². The van der Waals surface area contributed by atoms with Crippen LogP contribution in [0, 0.1) is 0 Å². The molecule has 0 aromatic heterocycles. The second kappa shape index (κ2) is 10.2. The molecule has 0 aliphatic rings. The van der Waals surface area contributed by atoms with Crippen LogP contribution < -0.4 is 10.1 Å². The van der Waals surface area contributed by atoms with Crippen molar-refractivity contribution in [3.63, 3.8) is 0 Å². The number of hydrogen-bond acceptors (Lipinski definition) is 4. The standard InChI is InChI=1S/C21H25NO4/c1-3-5-6-15-26-19-13-9-16(10-14-19)20(23)22-18-11-7-17(8-12-18)21(24)25-4-2/h7-14H,3-6,15H2,1-2H3,(H,22,23). The SMILES string of the molecule is CCCCCOc1ccc(C(=O)Nc2ccc(C(=O)OCC)cc2)cc1. The molecule has 0 saturated heterocycles. The Labute approximate surface area is 154 Å². The topological polar surface area (TPSA) is 64.6 Å². The molecule has 26 heavy (non-hydrogen) atoms. The third kappa shape index (κ3) is 5.92. The Hall–Kier alpha value is -2.82. The van der Waals surface area contributed by atoms with Crippen LogP contribution in [0.4, 0.5) is 5.69 Å². The maximum atomic E-state index is 12.3. The number of carbonyl (C=O) groups excluding carboxylic acids is 2. The Kier molecular flexibility index (Phi) is 7.68. The van der Waals surface area contributed by atoms with Gasteiger partial charge in [0.25, 0.3) is 5.91 Å². The molecule has 0 radical (unpaired) electrons. The summed E-state index contributed by atoms with van der Waals surface area (Å²) in [5.41, 5.74) is 1.61. The van der Waals surface area contributed by atoms with Crippen molar-refractivity contribution in [3.05, 3.63) is 59.7 Å². The highest BCUT2D eigenvalue weighted by Crippen LogP contribution is 2.16. The molecule has 0 spiro atoms. The lowest BCUT2D eigenvalue weighted by Crippen LogP contribution is -2.12. The maximum absolute atomic E-state index is 12.3. The minimum Gasteiger partial charge on any atom is -0.494 e. The van der Waals surface area contributed by atoms with Crippen LogP contribution in [0.1, 0.15) is 53.8 Å². The van der Waals surface area contributed by atoms with Gasteiger partial charge in [0.1, 0.15) is 5.75 Å². The van der Waals surface area contributed by atoms with E-state index in [4.69, 9.17) is 9.47 Å². The van der Waals surface area contributed by atoms with Crippen molar-refractivity contribution >= 4 is 17.6 Å². The Bertz CT molecular complexity index is 708. The van der Waals surface area contributed by atoms with E-state index in [1.807, 2.05) is 0 Å². The first-order valence-electron chi connectivity index (χ1n) is 8.95.